The van der Waals surface area contributed by atoms with E-state index in [0.29, 0.717) is 5.75 Å². The topological polar surface area (TPSA) is 46.5 Å². The molecule has 0 heterocycles. The Balaban J connectivity index is 2.96. The lowest BCUT2D eigenvalue weighted by Crippen LogP contribution is -1.90. The first-order chi connectivity index (χ1) is 5.87. The minimum Gasteiger partial charge on any atom is -0.425 e. The third kappa shape index (κ3) is 3.62. The monoisotopic (exact) mass is 200 g/mol. The van der Waals surface area contributed by atoms with Crippen LogP contribution in [0.15, 0.2) is 18.2 Å². The predicted molar refractivity (Wildman–Crippen MR) is 52.3 cm³/mol. The second kappa shape index (κ2) is 3.52. The summed E-state index contributed by atoms with van der Waals surface area (Å²) in [7, 11) is -3.43. The average molecular weight is 200 g/mol. The lowest BCUT2D eigenvalue weighted by Gasteiger charge is -2.09. The first-order valence-electron chi connectivity index (χ1n) is 3.95. The van der Waals surface area contributed by atoms with Gasteiger partial charge in [0.1, 0.15) is 5.75 Å². The molecule has 1 N–H and O–H groups in total. The molecule has 1 atom stereocenters. The van der Waals surface area contributed by atoms with Crippen LogP contribution in [0, 0.1) is 13.8 Å². The van der Waals surface area contributed by atoms with Crippen LogP contribution in [0.2, 0.25) is 0 Å². The van der Waals surface area contributed by atoms with Gasteiger partial charge in [-0.1, -0.05) is 6.07 Å². The molecule has 0 fully saturated rings. The first-order valence-corrected chi connectivity index (χ1v) is 5.97. The summed E-state index contributed by atoms with van der Waals surface area (Å²) >= 11 is 0. The van der Waals surface area contributed by atoms with Gasteiger partial charge in [0.2, 0.25) is 0 Å². The molecule has 3 nitrogen and oxygen atoms in total. The largest absolute Gasteiger partial charge is 0.425 e. The van der Waals surface area contributed by atoms with Gasteiger partial charge in [-0.05, 0) is 37.1 Å². The standard InChI is InChI=1S/C9H13O3P/c1-7-4-8(2)6-9(5-7)12-13(3,10)11/h4-6H,1-3H3,(H,10,11). The van der Waals surface area contributed by atoms with Crippen LogP contribution in [0.4, 0.5) is 0 Å². The molecule has 1 rings (SSSR count). The van der Waals surface area contributed by atoms with E-state index in [2.05, 4.69) is 0 Å². The molecule has 0 aromatic heterocycles. The maximum absolute atomic E-state index is 10.9. The van der Waals surface area contributed by atoms with Gasteiger partial charge in [0, 0.05) is 6.66 Å². The highest BCUT2D eigenvalue weighted by Gasteiger charge is 2.11. The highest BCUT2D eigenvalue weighted by atomic mass is 31.2. The summed E-state index contributed by atoms with van der Waals surface area (Å²) in [5, 5.41) is 0. The molecule has 13 heavy (non-hydrogen) atoms. The maximum atomic E-state index is 10.9. The minimum absolute atomic E-state index is 0.450. The van der Waals surface area contributed by atoms with Gasteiger partial charge >= 0.3 is 7.60 Å². The molecule has 0 spiro atoms. The number of rotatable bonds is 2. The van der Waals surface area contributed by atoms with Crippen LogP contribution in [0.1, 0.15) is 11.1 Å². The van der Waals surface area contributed by atoms with Crippen molar-refractivity contribution < 1.29 is 14.0 Å². The second-order valence-corrected chi connectivity index (χ2v) is 5.01. The summed E-state index contributed by atoms with van der Waals surface area (Å²) in [6.45, 7) is 5.00. The van der Waals surface area contributed by atoms with Gasteiger partial charge in [-0.15, -0.1) is 0 Å². The Labute approximate surface area is 77.9 Å². The molecule has 0 radical (unpaired) electrons. The van der Waals surface area contributed by atoms with E-state index in [1.807, 2.05) is 19.9 Å². The van der Waals surface area contributed by atoms with Crippen molar-refractivity contribution in [3.8, 4) is 5.75 Å². The third-order valence-electron chi connectivity index (χ3n) is 1.47. The van der Waals surface area contributed by atoms with Gasteiger partial charge in [0.15, 0.2) is 0 Å². The fraction of sp³-hybridized carbons (Fsp3) is 0.333. The molecule has 1 unspecified atom stereocenters. The molecule has 72 valence electrons. The zero-order chi connectivity index (χ0) is 10.1. The molecule has 0 bridgehead atoms. The van der Waals surface area contributed by atoms with E-state index in [1.54, 1.807) is 12.1 Å². The van der Waals surface area contributed by atoms with Crippen LogP contribution in [-0.4, -0.2) is 11.6 Å². The van der Waals surface area contributed by atoms with E-state index in [1.165, 1.54) is 6.66 Å². The normalized spacial score (nSPS) is 15.1. The summed E-state index contributed by atoms with van der Waals surface area (Å²) in [5.74, 6) is 0.450. The number of hydrogen-bond donors (Lipinski definition) is 1. The van der Waals surface area contributed by atoms with Gasteiger partial charge in [-0.2, -0.15) is 0 Å². The predicted octanol–water partition coefficient (Wildman–Crippen LogP) is 2.50. The van der Waals surface area contributed by atoms with Crippen LogP contribution < -0.4 is 4.52 Å². The van der Waals surface area contributed by atoms with Crippen LogP contribution in [0.25, 0.3) is 0 Å². The fourth-order valence-corrected chi connectivity index (χ4v) is 1.68. The van der Waals surface area contributed by atoms with Crippen molar-refractivity contribution in [1.82, 2.24) is 0 Å². The molecular weight excluding hydrogens is 187 g/mol. The Hall–Kier alpha value is -0.790. The first kappa shape index (κ1) is 10.3. The van der Waals surface area contributed by atoms with Crippen LogP contribution in [0.5, 0.6) is 5.75 Å². The summed E-state index contributed by atoms with van der Waals surface area (Å²) in [5.41, 5.74) is 2.03. The lowest BCUT2D eigenvalue weighted by molar-refractivity contribution is 0.387. The van der Waals surface area contributed by atoms with Crippen molar-refractivity contribution in [3.63, 3.8) is 0 Å². The molecule has 1 aromatic carbocycles. The Kier molecular flexibility index (Phi) is 2.79. The van der Waals surface area contributed by atoms with Crippen molar-refractivity contribution in [3.05, 3.63) is 29.3 Å². The second-order valence-electron chi connectivity index (χ2n) is 3.22. The Morgan fingerprint density at radius 2 is 1.69 bits per heavy atom. The minimum atomic E-state index is -3.43. The Bertz CT molecular complexity index is 334. The van der Waals surface area contributed by atoms with Crippen molar-refractivity contribution in [2.75, 3.05) is 6.66 Å². The summed E-state index contributed by atoms with van der Waals surface area (Å²) < 4.78 is 15.8. The van der Waals surface area contributed by atoms with Gasteiger partial charge in [-0.25, -0.2) is 4.57 Å². The van der Waals surface area contributed by atoms with E-state index in [0.717, 1.165) is 11.1 Å². The van der Waals surface area contributed by atoms with E-state index in [4.69, 9.17) is 9.42 Å². The Morgan fingerprint density at radius 3 is 2.08 bits per heavy atom. The van der Waals surface area contributed by atoms with E-state index in [-0.39, 0.29) is 0 Å². The molecular formula is C9H13O3P. The Morgan fingerprint density at radius 1 is 1.23 bits per heavy atom. The van der Waals surface area contributed by atoms with Crippen molar-refractivity contribution in [2.24, 2.45) is 0 Å². The molecule has 0 saturated carbocycles. The summed E-state index contributed by atoms with van der Waals surface area (Å²) in [6, 6.07) is 5.45. The number of aryl methyl sites for hydroxylation is 2. The zero-order valence-electron chi connectivity index (χ0n) is 7.94. The average Bonchev–Trinajstić information content (AvgIpc) is 1.78. The van der Waals surface area contributed by atoms with Crippen LogP contribution in [-0.2, 0) is 4.57 Å². The zero-order valence-corrected chi connectivity index (χ0v) is 8.84. The molecule has 0 aliphatic heterocycles. The number of benzene rings is 1. The quantitative estimate of drug-likeness (QED) is 0.746. The maximum Gasteiger partial charge on any atom is 0.373 e. The molecule has 0 aliphatic carbocycles. The highest BCUT2D eigenvalue weighted by Crippen LogP contribution is 2.38. The fourth-order valence-electron chi connectivity index (χ4n) is 1.18. The van der Waals surface area contributed by atoms with Crippen molar-refractivity contribution in [2.45, 2.75) is 13.8 Å². The third-order valence-corrected chi connectivity index (χ3v) is 2.02. The van der Waals surface area contributed by atoms with Gasteiger partial charge in [0.05, 0.1) is 0 Å². The lowest BCUT2D eigenvalue weighted by atomic mass is 10.1. The molecule has 0 amide bonds. The van der Waals surface area contributed by atoms with Crippen molar-refractivity contribution in [1.29, 1.82) is 0 Å². The molecule has 4 heteroatoms. The van der Waals surface area contributed by atoms with Gasteiger partial charge in [0.25, 0.3) is 0 Å². The van der Waals surface area contributed by atoms with Gasteiger partial charge < -0.3 is 9.42 Å². The summed E-state index contributed by atoms with van der Waals surface area (Å²) in [6.07, 6.45) is 0. The number of hydrogen-bond acceptors (Lipinski definition) is 2. The van der Waals surface area contributed by atoms with E-state index in [9.17, 15) is 4.57 Å². The van der Waals surface area contributed by atoms with Gasteiger partial charge in [-0.3, -0.25) is 0 Å². The molecule has 1 aromatic rings. The smallest absolute Gasteiger partial charge is 0.373 e. The van der Waals surface area contributed by atoms with E-state index >= 15 is 0 Å². The van der Waals surface area contributed by atoms with Crippen molar-refractivity contribution >= 4 is 7.60 Å². The van der Waals surface area contributed by atoms with Crippen LogP contribution in [0.3, 0.4) is 0 Å². The molecule has 0 aliphatic rings. The summed E-state index contributed by atoms with van der Waals surface area (Å²) in [4.78, 5) is 8.99. The highest BCUT2D eigenvalue weighted by molar-refractivity contribution is 7.52. The van der Waals surface area contributed by atoms with E-state index < -0.39 is 7.60 Å². The van der Waals surface area contributed by atoms with Crippen LogP contribution >= 0.6 is 7.60 Å². The SMILES string of the molecule is Cc1cc(C)cc(OP(C)(=O)O)c1. The molecule has 0 saturated heterocycles.